The van der Waals surface area contributed by atoms with Gasteiger partial charge in [-0.2, -0.15) is 0 Å². The van der Waals surface area contributed by atoms with E-state index in [0.29, 0.717) is 10.6 Å². The number of ether oxygens (including phenoxy) is 1. The highest BCUT2D eigenvalue weighted by Crippen LogP contribution is 2.34. The lowest BCUT2D eigenvalue weighted by Gasteiger charge is -2.04. The largest absolute Gasteiger partial charge is 0.496 e. The van der Waals surface area contributed by atoms with Crippen molar-refractivity contribution in [3.05, 3.63) is 65.2 Å². The summed E-state index contributed by atoms with van der Waals surface area (Å²) in [4.78, 5) is 17.6. The Morgan fingerprint density at radius 1 is 1.09 bits per heavy atom. The molecule has 0 aliphatic rings. The number of rotatable bonds is 4. The SMILES string of the molecule is COc1ccccc1-c1nc(C)c(C(=O)Nc2ccccc2)s1. The highest BCUT2D eigenvalue weighted by atomic mass is 32.1. The first-order valence-corrected chi connectivity index (χ1v) is 7.98. The highest BCUT2D eigenvalue weighted by molar-refractivity contribution is 7.17. The number of aryl methyl sites for hydroxylation is 1. The zero-order chi connectivity index (χ0) is 16.2. The van der Waals surface area contributed by atoms with Crippen LogP contribution >= 0.6 is 11.3 Å². The van der Waals surface area contributed by atoms with Crippen LogP contribution < -0.4 is 10.1 Å². The molecule has 4 nitrogen and oxygen atoms in total. The number of carbonyl (C=O) groups excluding carboxylic acids is 1. The van der Waals surface area contributed by atoms with E-state index in [9.17, 15) is 4.79 Å². The number of hydrogen-bond donors (Lipinski definition) is 1. The molecule has 0 aliphatic carbocycles. The van der Waals surface area contributed by atoms with Gasteiger partial charge >= 0.3 is 0 Å². The van der Waals surface area contributed by atoms with Gasteiger partial charge in [-0.25, -0.2) is 4.98 Å². The molecule has 0 saturated heterocycles. The first kappa shape index (κ1) is 15.2. The Labute approximate surface area is 138 Å². The van der Waals surface area contributed by atoms with E-state index in [4.69, 9.17) is 4.74 Å². The van der Waals surface area contributed by atoms with Crippen LogP contribution in [0, 0.1) is 6.92 Å². The molecular formula is C18H16N2O2S. The minimum Gasteiger partial charge on any atom is -0.496 e. The zero-order valence-corrected chi connectivity index (χ0v) is 13.7. The third kappa shape index (κ3) is 3.24. The number of para-hydroxylation sites is 2. The van der Waals surface area contributed by atoms with E-state index in [-0.39, 0.29) is 5.91 Å². The van der Waals surface area contributed by atoms with Crippen LogP contribution in [-0.4, -0.2) is 18.0 Å². The number of carbonyl (C=O) groups is 1. The number of nitrogens with one attached hydrogen (secondary N) is 1. The second-order valence-corrected chi connectivity index (χ2v) is 5.95. The summed E-state index contributed by atoms with van der Waals surface area (Å²) in [5.74, 6) is 0.601. The van der Waals surface area contributed by atoms with Crippen molar-refractivity contribution in [1.29, 1.82) is 0 Å². The maximum atomic E-state index is 12.5. The summed E-state index contributed by atoms with van der Waals surface area (Å²) >= 11 is 1.37. The van der Waals surface area contributed by atoms with Crippen LogP contribution in [-0.2, 0) is 0 Å². The third-order valence-corrected chi connectivity index (χ3v) is 4.56. The summed E-state index contributed by atoms with van der Waals surface area (Å²) in [5, 5.41) is 3.67. The predicted octanol–water partition coefficient (Wildman–Crippen LogP) is 4.38. The van der Waals surface area contributed by atoms with E-state index in [2.05, 4.69) is 10.3 Å². The maximum absolute atomic E-state index is 12.5. The van der Waals surface area contributed by atoms with Crippen molar-refractivity contribution >= 4 is 22.9 Å². The molecule has 0 atom stereocenters. The third-order valence-electron chi connectivity index (χ3n) is 3.37. The summed E-state index contributed by atoms with van der Waals surface area (Å²) in [7, 11) is 1.63. The van der Waals surface area contributed by atoms with Gasteiger partial charge in [0.25, 0.3) is 5.91 Å². The van der Waals surface area contributed by atoms with E-state index in [1.807, 2.05) is 61.5 Å². The molecule has 2 aromatic carbocycles. The van der Waals surface area contributed by atoms with Crippen LogP contribution in [0.4, 0.5) is 5.69 Å². The molecule has 1 aromatic heterocycles. The molecule has 0 unspecified atom stereocenters. The van der Waals surface area contributed by atoms with Gasteiger partial charge in [0, 0.05) is 5.69 Å². The van der Waals surface area contributed by atoms with Crippen LogP contribution in [0.5, 0.6) is 5.75 Å². The lowest BCUT2D eigenvalue weighted by Crippen LogP contribution is -2.11. The molecule has 0 spiro atoms. The Bertz CT molecular complexity index is 828. The van der Waals surface area contributed by atoms with Gasteiger partial charge in [0.15, 0.2) is 0 Å². The van der Waals surface area contributed by atoms with E-state index in [1.54, 1.807) is 7.11 Å². The molecule has 0 radical (unpaired) electrons. The van der Waals surface area contributed by atoms with Crippen molar-refractivity contribution in [2.45, 2.75) is 6.92 Å². The number of benzene rings is 2. The summed E-state index contributed by atoms with van der Waals surface area (Å²) in [5.41, 5.74) is 2.37. The minimum absolute atomic E-state index is 0.146. The number of thiazole rings is 1. The van der Waals surface area contributed by atoms with E-state index < -0.39 is 0 Å². The Morgan fingerprint density at radius 2 is 1.78 bits per heavy atom. The topological polar surface area (TPSA) is 51.2 Å². The molecule has 3 rings (SSSR count). The smallest absolute Gasteiger partial charge is 0.267 e. The lowest BCUT2D eigenvalue weighted by molar-refractivity contribution is 0.103. The van der Waals surface area contributed by atoms with Crippen molar-refractivity contribution in [2.24, 2.45) is 0 Å². The number of hydrogen-bond acceptors (Lipinski definition) is 4. The number of aromatic nitrogens is 1. The summed E-state index contributed by atoms with van der Waals surface area (Å²) in [6.45, 7) is 1.84. The molecular weight excluding hydrogens is 308 g/mol. The summed E-state index contributed by atoms with van der Waals surface area (Å²) in [6.07, 6.45) is 0. The molecule has 23 heavy (non-hydrogen) atoms. The first-order chi connectivity index (χ1) is 11.2. The number of amides is 1. The van der Waals surface area contributed by atoms with Crippen LogP contribution in [0.15, 0.2) is 54.6 Å². The standard InChI is InChI=1S/C18H16N2O2S/c1-12-16(17(21)20-13-8-4-3-5-9-13)23-18(19-12)14-10-6-7-11-15(14)22-2/h3-11H,1-2H3,(H,20,21). The quantitative estimate of drug-likeness (QED) is 0.775. The fourth-order valence-electron chi connectivity index (χ4n) is 2.25. The van der Waals surface area contributed by atoms with Gasteiger partial charge in [-0.3, -0.25) is 4.79 Å². The summed E-state index contributed by atoms with van der Waals surface area (Å²) < 4.78 is 5.37. The average molecular weight is 324 g/mol. The molecule has 0 aliphatic heterocycles. The molecule has 1 N–H and O–H groups in total. The van der Waals surface area contributed by atoms with Crippen LogP contribution in [0.1, 0.15) is 15.4 Å². The van der Waals surface area contributed by atoms with Gasteiger partial charge in [0.05, 0.1) is 18.4 Å². The van der Waals surface area contributed by atoms with Gasteiger partial charge in [-0.1, -0.05) is 30.3 Å². The van der Waals surface area contributed by atoms with Gasteiger partial charge in [0.1, 0.15) is 15.6 Å². The fourth-order valence-corrected chi connectivity index (χ4v) is 3.24. The molecule has 0 bridgehead atoms. The highest BCUT2D eigenvalue weighted by Gasteiger charge is 2.18. The van der Waals surface area contributed by atoms with E-state index >= 15 is 0 Å². The summed E-state index contributed by atoms with van der Waals surface area (Å²) in [6, 6.07) is 17.1. The zero-order valence-electron chi connectivity index (χ0n) is 12.9. The Kier molecular flexibility index (Phi) is 4.39. The van der Waals surface area contributed by atoms with Crippen molar-refractivity contribution in [2.75, 3.05) is 12.4 Å². The van der Waals surface area contributed by atoms with Crippen molar-refractivity contribution in [3.8, 4) is 16.3 Å². The fraction of sp³-hybridized carbons (Fsp3) is 0.111. The molecule has 116 valence electrons. The Morgan fingerprint density at radius 3 is 2.52 bits per heavy atom. The maximum Gasteiger partial charge on any atom is 0.267 e. The minimum atomic E-state index is -0.146. The molecule has 3 aromatic rings. The molecule has 0 fully saturated rings. The normalized spacial score (nSPS) is 10.3. The van der Waals surface area contributed by atoms with Crippen LogP contribution in [0.25, 0.3) is 10.6 Å². The molecule has 1 amide bonds. The van der Waals surface area contributed by atoms with Crippen molar-refractivity contribution in [3.63, 3.8) is 0 Å². The van der Waals surface area contributed by atoms with E-state index in [0.717, 1.165) is 22.0 Å². The molecule has 1 heterocycles. The van der Waals surface area contributed by atoms with Crippen molar-refractivity contribution in [1.82, 2.24) is 4.98 Å². The Balaban J connectivity index is 1.90. The lowest BCUT2D eigenvalue weighted by atomic mass is 10.2. The van der Waals surface area contributed by atoms with Crippen LogP contribution in [0.2, 0.25) is 0 Å². The van der Waals surface area contributed by atoms with Gasteiger partial charge in [0.2, 0.25) is 0 Å². The monoisotopic (exact) mass is 324 g/mol. The molecule has 5 heteroatoms. The van der Waals surface area contributed by atoms with Crippen LogP contribution in [0.3, 0.4) is 0 Å². The van der Waals surface area contributed by atoms with Gasteiger partial charge < -0.3 is 10.1 Å². The van der Waals surface area contributed by atoms with Crippen molar-refractivity contribution < 1.29 is 9.53 Å². The predicted molar refractivity (Wildman–Crippen MR) is 93.2 cm³/mol. The Hall–Kier alpha value is -2.66. The van der Waals surface area contributed by atoms with Gasteiger partial charge in [-0.15, -0.1) is 11.3 Å². The van der Waals surface area contributed by atoms with E-state index in [1.165, 1.54) is 11.3 Å². The second-order valence-electron chi connectivity index (χ2n) is 4.95. The first-order valence-electron chi connectivity index (χ1n) is 7.16. The number of methoxy groups -OCH3 is 1. The average Bonchev–Trinajstić information content (AvgIpc) is 2.97. The number of anilines is 1. The van der Waals surface area contributed by atoms with Gasteiger partial charge in [-0.05, 0) is 31.2 Å². The molecule has 0 saturated carbocycles. The second kappa shape index (κ2) is 6.62. The number of nitrogens with zero attached hydrogens (tertiary/aromatic N) is 1.